The van der Waals surface area contributed by atoms with Gasteiger partial charge in [0.15, 0.2) is 5.58 Å². The zero-order chi connectivity index (χ0) is 18.5. The minimum Gasteiger partial charge on any atom is -0.445 e. The Morgan fingerprint density at radius 2 is 1.96 bits per heavy atom. The molecule has 8 heteroatoms. The summed E-state index contributed by atoms with van der Waals surface area (Å²) in [5.41, 5.74) is 1.95. The molecule has 0 spiro atoms. The molecule has 2 unspecified atom stereocenters. The third kappa shape index (κ3) is 4.29. The molecule has 0 aliphatic carbocycles. The highest BCUT2D eigenvalue weighted by Gasteiger charge is 2.20. The second-order valence-electron chi connectivity index (χ2n) is 5.72. The second kappa shape index (κ2) is 7.85. The number of hydrogen-bond acceptors (Lipinski definition) is 6. The molecule has 0 fully saturated rings. The summed E-state index contributed by atoms with van der Waals surface area (Å²) in [5.74, 6) is -0.602. The number of carbonyl (C=O) groups is 1. The third-order valence-corrected chi connectivity index (χ3v) is 3.82. The third-order valence-electron chi connectivity index (χ3n) is 3.82. The Kier molecular flexibility index (Phi) is 5.35. The maximum absolute atomic E-state index is 11.7. The van der Waals surface area contributed by atoms with Crippen molar-refractivity contribution in [1.82, 2.24) is 10.3 Å². The summed E-state index contributed by atoms with van der Waals surface area (Å²) in [7, 11) is 0. The van der Waals surface area contributed by atoms with Crippen LogP contribution in [0.3, 0.4) is 0 Å². The quantitative estimate of drug-likeness (QED) is 0.528. The molecule has 0 saturated heterocycles. The van der Waals surface area contributed by atoms with E-state index in [0.29, 0.717) is 11.1 Å². The molecule has 3 rings (SSSR count). The van der Waals surface area contributed by atoms with Crippen LogP contribution >= 0.6 is 0 Å². The predicted molar refractivity (Wildman–Crippen MR) is 92.4 cm³/mol. The first-order valence-electron chi connectivity index (χ1n) is 7.96. The van der Waals surface area contributed by atoms with Gasteiger partial charge in [-0.1, -0.05) is 36.4 Å². The number of nitrogens with one attached hydrogen (secondary N) is 2. The summed E-state index contributed by atoms with van der Waals surface area (Å²) in [4.78, 5) is 25.3. The molecule has 0 bridgehead atoms. The number of carbonyl (C=O) groups excluding carboxylic acids is 1. The highest BCUT2D eigenvalue weighted by Crippen LogP contribution is 2.21. The topological polar surface area (TPSA) is 125 Å². The summed E-state index contributed by atoms with van der Waals surface area (Å²) in [6.45, 7) is -0.0988. The van der Waals surface area contributed by atoms with Crippen LogP contribution in [0.2, 0.25) is 0 Å². The minimum absolute atomic E-state index is 0.106. The van der Waals surface area contributed by atoms with Gasteiger partial charge in [-0.2, -0.15) is 0 Å². The number of alkyl carbamates (subject to hydrolysis) is 1. The zero-order valence-corrected chi connectivity index (χ0v) is 13.7. The van der Waals surface area contributed by atoms with Crippen LogP contribution in [-0.4, -0.2) is 33.9 Å². The van der Waals surface area contributed by atoms with Gasteiger partial charge in [0.25, 0.3) is 0 Å². The van der Waals surface area contributed by atoms with Gasteiger partial charge in [0.2, 0.25) is 0 Å². The number of benzene rings is 2. The minimum atomic E-state index is -1.27. The van der Waals surface area contributed by atoms with Gasteiger partial charge in [-0.3, -0.25) is 4.98 Å². The van der Waals surface area contributed by atoms with Gasteiger partial charge in [-0.05, 0) is 23.3 Å². The van der Waals surface area contributed by atoms with Crippen molar-refractivity contribution in [1.29, 1.82) is 0 Å². The highest BCUT2D eigenvalue weighted by atomic mass is 16.5. The van der Waals surface area contributed by atoms with Crippen LogP contribution in [-0.2, 0) is 11.3 Å². The number of ether oxygens (including phenoxy) is 1. The van der Waals surface area contributed by atoms with E-state index in [1.54, 1.807) is 12.1 Å². The predicted octanol–water partition coefficient (Wildman–Crippen LogP) is 1.44. The summed E-state index contributed by atoms with van der Waals surface area (Å²) in [6, 6.07) is 13.7. The van der Waals surface area contributed by atoms with Gasteiger partial charge in [0.1, 0.15) is 18.8 Å². The molecule has 0 aliphatic heterocycles. The molecule has 8 nitrogen and oxygen atoms in total. The van der Waals surface area contributed by atoms with Crippen LogP contribution in [0.15, 0.2) is 57.7 Å². The molecule has 2 aromatic carbocycles. The van der Waals surface area contributed by atoms with Crippen LogP contribution in [0.5, 0.6) is 0 Å². The number of aromatic nitrogens is 1. The summed E-state index contributed by atoms with van der Waals surface area (Å²) in [5, 5.41) is 22.7. The van der Waals surface area contributed by atoms with Crippen LogP contribution in [0.4, 0.5) is 4.79 Å². The first-order chi connectivity index (χ1) is 12.5. The molecule has 4 N–H and O–H groups in total. The number of oxazole rings is 1. The molecule has 1 heterocycles. The van der Waals surface area contributed by atoms with Crippen molar-refractivity contribution in [2.75, 3.05) is 6.54 Å². The summed E-state index contributed by atoms with van der Waals surface area (Å²) < 4.78 is 9.94. The Bertz CT molecular complexity index is 934. The van der Waals surface area contributed by atoms with Crippen LogP contribution < -0.4 is 11.1 Å². The lowest BCUT2D eigenvalue weighted by Crippen LogP contribution is -2.35. The molecule has 0 saturated carbocycles. The Labute approximate surface area is 148 Å². The lowest BCUT2D eigenvalue weighted by atomic mass is 10.0. The lowest BCUT2D eigenvalue weighted by Gasteiger charge is -2.18. The van der Waals surface area contributed by atoms with Crippen molar-refractivity contribution < 1.29 is 24.2 Å². The summed E-state index contributed by atoms with van der Waals surface area (Å²) in [6.07, 6.45) is -3.23. The Hall–Kier alpha value is -3.10. The molecular formula is C18H18N2O6. The number of aromatic amines is 1. The zero-order valence-electron chi connectivity index (χ0n) is 13.7. The number of aliphatic hydroxyl groups excluding tert-OH is 2. The molecule has 26 heavy (non-hydrogen) atoms. The van der Waals surface area contributed by atoms with E-state index in [1.165, 1.54) is 6.07 Å². The first-order valence-corrected chi connectivity index (χ1v) is 7.96. The molecule has 3 aromatic rings. The van der Waals surface area contributed by atoms with E-state index in [1.807, 2.05) is 30.3 Å². The van der Waals surface area contributed by atoms with Gasteiger partial charge < -0.3 is 24.7 Å². The molecule has 2 atom stereocenters. The van der Waals surface area contributed by atoms with E-state index in [2.05, 4.69) is 10.3 Å². The SMILES string of the molecule is O=C(NCC(O)C(O)c1ccc2[nH]c(=O)oc2c1)OCc1ccccc1. The number of hydrogen-bond donors (Lipinski definition) is 4. The Balaban J connectivity index is 1.52. The van der Waals surface area contributed by atoms with Crippen molar-refractivity contribution in [3.63, 3.8) is 0 Å². The Morgan fingerprint density at radius 3 is 2.73 bits per heavy atom. The molecule has 0 aliphatic rings. The van der Waals surface area contributed by atoms with E-state index >= 15 is 0 Å². The molecule has 1 amide bonds. The maximum atomic E-state index is 11.7. The van der Waals surface area contributed by atoms with E-state index in [9.17, 15) is 19.8 Å². The van der Waals surface area contributed by atoms with Gasteiger partial charge >= 0.3 is 11.8 Å². The van der Waals surface area contributed by atoms with Gasteiger partial charge in [-0.25, -0.2) is 9.59 Å². The molecule has 0 radical (unpaired) electrons. The van der Waals surface area contributed by atoms with Crippen LogP contribution in [0, 0.1) is 0 Å². The maximum Gasteiger partial charge on any atom is 0.417 e. The van der Waals surface area contributed by atoms with Crippen LogP contribution in [0.1, 0.15) is 17.2 Å². The molecule has 136 valence electrons. The summed E-state index contributed by atoms with van der Waals surface area (Å²) >= 11 is 0. The van der Waals surface area contributed by atoms with E-state index in [-0.39, 0.29) is 18.7 Å². The van der Waals surface area contributed by atoms with Gasteiger partial charge in [0.05, 0.1) is 5.52 Å². The van der Waals surface area contributed by atoms with Crippen molar-refractivity contribution >= 4 is 17.2 Å². The fourth-order valence-electron chi connectivity index (χ4n) is 2.44. The van der Waals surface area contributed by atoms with Crippen LogP contribution in [0.25, 0.3) is 11.1 Å². The van der Waals surface area contributed by atoms with Gasteiger partial charge in [0, 0.05) is 6.54 Å². The fraction of sp³-hybridized carbons (Fsp3) is 0.222. The van der Waals surface area contributed by atoms with E-state index in [0.717, 1.165) is 5.56 Å². The average Bonchev–Trinajstić information content (AvgIpc) is 3.03. The number of H-pyrrole nitrogens is 1. The largest absolute Gasteiger partial charge is 0.445 e. The lowest BCUT2D eigenvalue weighted by molar-refractivity contribution is 0.0184. The number of amides is 1. The highest BCUT2D eigenvalue weighted by molar-refractivity contribution is 5.72. The van der Waals surface area contributed by atoms with Gasteiger partial charge in [-0.15, -0.1) is 0 Å². The number of rotatable bonds is 6. The Morgan fingerprint density at radius 1 is 1.19 bits per heavy atom. The van der Waals surface area contributed by atoms with E-state index in [4.69, 9.17) is 9.15 Å². The smallest absolute Gasteiger partial charge is 0.417 e. The van der Waals surface area contributed by atoms with Crippen molar-refractivity contribution in [2.24, 2.45) is 0 Å². The van der Waals surface area contributed by atoms with Crippen molar-refractivity contribution in [3.8, 4) is 0 Å². The molecule has 1 aromatic heterocycles. The number of aliphatic hydroxyl groups is 2. The van der Waals surface area contributed by atoms with E-state index < -0.39 is 24.1 Å². The number of fused-ring (bicyclic) bond motifs is 1. The second-order valence-corrected chi connectivity index (χ2v) is 5.72. The standard InChI is InChI=1S/C18H18N2O6/c21-14(9-19-17(23)25-10-11-4-2-1-3-5-11)16(22)12-6-7-13-15(8-12)26-18(24)20-13/h1-8,14,16,21-22H,9-10H2,(H,19,23)(H,20,24). The normalized spacial score (nSPS) is 13.3. The fourth-order valence-corrected chi connectivity index (χ4v) is 2.44. The van der Waals surface area contributed by atoms with Crippen molar-refractivity contribution in [2.45, 2.75) is 18.8 Å². The molecular weight excluding hydrogens is 340 g/mol. The monoisotopic (exact) mass is 358 g/mol. The average molecular weight is 358 g/mol. The first kappa shape index (κ1) is 17.7. The van der Waals surface area contributed by atoms with Crippen molar-refractivity contribution in [3.05, 3.63) is 70.2 Å².